The summed E-state index contributed by atoms with van der Waals surface area (Å²) in [6.07, 6.45) is 1.38. The molecule has 8 heteroatoms. The van der Waals surface area contributed by atoms with E-state index in [-0.39, 0.29) is 0 Å². The minimum atomic E-state index is -0.499. The summed E-state index contributed by atoms with van der Waals surface area (Å²) in [6, 6.07) is 6.02. The van der Waals surface area contributed by atoms with E-state index in [9.17, 15) is 4.79 Å². The molecule has 0 aliphatic heterocycles. The zero-order valence-corrected chi connectivity index (χ0v) is 19.3. The molecule has 0 saturated heterocycles. The number of amides is 1. The van der Waals surface area contributed by atoms with Crippen LogP contribution in [0.15, 0.2) is 23.2 Å². The third-order valence-corrected chi connectivity index (χ3v) is 3.85. The van der Waals surface area contributed by atoms with Gasteiger partial charge in [-0.3, -0.25) is 4.99 Å². The Balaban J connectivity index is 2.42. The third kappa shape index (κ3) is 10.8. The molecule has 0 aliphatic carbocycles. The number of methoxy groups -OCH3 is 1. The molecule has 8 nitrogen and oxygen atoms in total. The molecular weight excluding hydrogens is 384 g/mol. The fourth-order valence-electron chi connectivity index (χ4n) is 2.62. The molecule has 30 heavy (non-hydrogen) atoms. The summed E-state index contributed by atoms with van der Waals surface area (Å²) in [5, 5.41) is 9.14. The first-order valence-electron chi connectivity index (χ1n) is 10.6. The van der Waals surface area contributed by atoms with E-state index in [4.69, 9.17) is 14.2 Å². The highest BCUT2D eigenvalue weighted by Crippen LogP contribution is 2.28. The Hall–Kier alpha value is -2.64. The van der Waals surface area contributed by atoms with Crippen LogP contribution in [0, 0.1) is 0 Å². The fourth-order valence-corrected chi connectivity index (χ4v) is 2.62. The Bertz CT molecular complexity index is 672. The van der Waals surface area contributed by atoms with Crippen LogP contribution in [-0.2, 0) is 11.2 Å². The summed E-state index contributed by atoms with van der Waals surface area (Å²) in [4.78, 5) is 16.2. The van der Waals surface area contributed by atoms with Crippen LogP contribution < -0.4 is 25.4 Å². The second-order valence-electron chi connectivity index (χ2n) is 7.64. The topological polar surface area (TPSA) is 93.2 Å². The standard InChI is InChI=1S/C22H38N4O4/c1-7-23-20(25-14-15-26-21(27)30-22(3,4)5)24-13-9-10-17-11-12-18(28-6)19(16-17)29-8-2/h11-12,16H,7-10,13-15H2,1-6H3,(H,26,27)(H2,23,24,25). The van der Waals surface area contributed by atoms with Crippen LogP contribution in [0.3, 0.4) is 0 Å². The smallest absolute Gasteiger partial charge is 0.407 e. The van der Waals surface area contributed by atoms with Crippen molar-refractivity contribution in [2.45, 2.75) is 53.1 Å². The van der Waals surface area contributed by atoms with E-state index >= 15 is 0 Å². The molecule has 0 bridgehead atoms. The molecule has 0 fully saturated rings. The normalized spacial score (nSPS) is 11.6. The third-order valence-electron chi connectivity index (χ3n) is 3.85. The number of nitrogens with one attached hydrogen (secondary N) is 3. The van der Waals surface area contributed by atoms with Crippen molar-refractivity contribution < 1.29 is 19.0 Å². The Morgan fingerprint density at radius 3 is 2.43 bits per heavy atom. The molecule has 0 spiro atoms. The summed E-state index contributed by atoms with van der Waals surface area (Å²) in [6.45, 7) is 12.5. The molecule has 0 radical (unpaired) electrons. The maximum atomic E-state index is 11.7. The fraction of sp³-hybridized carbons (Fsp3) is 0.636. The van der Waals surface area contributed by atoms with Crippen LogP contribution in [0.5, 0.6) is 11.5 Å². The highest BCUT2D eigenvalue weighted by molar-refractivity contribution is 5.79. The minimum absolute atomic E-state index is 0.419. The molecule has 0 aliphatic rings. The summed E-state index contributed by atoms with van der Waals surface area (Å²) in [5.74, 6) is 2.25. The Labute approximate surface area is 180 Å². The average molecular weight is 423 g/mol. The van der Waals surface area contributed by atoms with Crippen molar-refractivity contribution in [1.82, 2.24) is 16.0 Å². The lowest BCUT2D eigenvalue weighted by Gasteiger charge is -2.19. The van der Waals surface area contributed by atoms with E-state index in [1.807, 2.05) is 46.8 Å². The van der Waals surface area contributed by atoms with Crippen LogP contribution in [0.4, 0.5) is 4.79 Å². The van der Waals surface area contributed by atoms with E-state index in [0.29, 0.717) is 26.2 Å². The number of rotatable bonds is 11. The van der Waals surface area contributed by atoms with Gasteiger partial charge in [-0.1, -0.05) is 6.07 Å². The van der Waals surface area contributed by atoms with Gasteiger partial charge in [0.2, 0.25) is 0 Å². The largest absolute Gasteiger partial charge is 0.493 e. The van der Waals surface area contributed by atoms with Gasteiger partial charge in [-0.2, -0.15) is 0 Å². The number of carbonyl (C=O) groups excluding carboxylic acids is 1. The molecular formula is C22H38N4O4. The first kappa shape index (κ1) is 25.4. The summed E-state index contributed by atoms with van der Waals surface area (Å²) < 4.78 is 16.2. The van der Waals surface area contributed by atoms with Gasteiger partial charge < -0.3 is 30.2 Å². The van der Waals surface area contributed by atoms with E-state index in [1.54, 1.807) is 7.11 Å². The highest BCUT2D eigenvalue weighted by Gasteiger charge is 2.15. The minimum Gasteiger partial charge on any atom is -0.493 e. The quantitative estimate of drug-likeness (QED) is 0.288. The van der Waals surface area contributed by atoms with Gasteiger partial charge in [0.05, 0.1) is 13.7 Å². The van der Waals surface area contributed by atoms with E-state index < -0.39 is 11.7 Å². The Morgan fingerprint density at radius 1 is 1.07 bits per heavy atom. The SMILES string of the molecule is CCNC(=NCCCc1ccc(OC)c(OCC)c1)NCCNC(=O)OC(C)(C)C. The number of nitrogens with zero attached hydrogens (tertiary/aromatic N) is 1. The van der Waals surface area contributed by atoms with Crippen LogP contribution in [-0.4, -0.2) is 57.5 Å². The molecule has 0 aromatic heterocycles. The average Bonchev–Trinajstić information content (AvgIpc) is 2.67. The molecule has 1 aromatic carbocycles. The van der Waals surface area contributed by atoms with Crippen molar-refractivity contribution >= 4 is 12.1 Å². The van der Waals surface area contributed by atoms with Gasteiger partial charge in [0, 0.05) is 26.2 Å². The van der Waals surface area contributed by atoms with Crippen molar-refractivity contribution in [3.05, 3.63) is 23.8 Å². The Kier molecular flexibility index (Phi) is 11.5. The van der Waals surface area contributed by atoms with Crippen molar-refractivity contribution in [3.8, 4) is 11.5 Å². The number of hydrogen-bond donors (Lipinski definition) is 3. The van der Waals surface area contributed by atoms with E-state index in [1.165, 1.54) is 5.56 Å². The van der Waals surface area contributed by atoms with Gasteiger partial charge in [-0.15, -0.1) is 0 Å². The number of ether oxygens (including phenoxy) is 3. The van der Waals surface area contributed by atoms with Crippen molar-refractivity contribution in [2.24, 2.45) is 4.99 Å². The highest BCUT2D eigenvalue weighted by atomic mass is 16.6. The number of carbonyl (C=O) groups is 1. The lowest BCUT2D eigenvalue weighted by atomic mass is 10.1. The van der Waals surface area contributed by atoms with Gasteiger partial charge in [0.15, 0.2) is 17.5 Å². The molecule has 3 N–H and O–H groups in total. The zero-order valence-electron chi connectivity index (χ0n) is 19.3. The molecule has 0 unspecified atom stereocenters. The monoisotopic (exact) mass is 422 g/mol. The molecule has 1 rings (SSSR count). The molecule has 0 heterocycles. The number of aliphatic imine (C=N–C) groups is 1. The number of aryl methyl sites for hydroxylation is 1. The van der Waals surface area contributed by atoms with Crippen molar-refractivity contribution in [2.75, 3.05) is 39.9 Å². The van der Waals surface area contributed by atoms with Crippen LogP contribution in [0.2, 0.25) is 0 Å². The maximum absolute atomic E-state index is 11.7. The van der Waals surface area contributed by atoms with Gasteiger partial charge in [-0.05, 0) is 65.2 Å². The van der Waals surface area contributed by atoms with Gasteiger partial charge in [-0.25, -0.2) is 4.79 Å². The maximum Gasteiger partial charge on any atom is 0.407 e. The number of alkyl carbamates (subject to hydrolysis) is 1. The second kappa shape index (κ2) is 13.6. The van der Waals surface area contributed by atoms with Gasteiger partial charge >= 0.3 is 6.09 Å². The Morgan fingerprint density at radius 2 is 1.80 bits per heavy atom. The number of guanidine groups is 1. The van der Waals surface area contributed by atoms with E-state index in [0.717, 1.165) is 36.8 Å². The first-order valence-corrected chi connectivity index (χ1v) is 10.6. The molecule has 0 saturated carbocycles. The van der Waals surface area contributed by atoms with Gasteiger partial charge in [0.25, 0.3) is 0 Å². The lowest BCUT2D eigenvalue weighted by Crippen LogP contribution is -2.42. The second-order valence-corrected chi connectivity index (χ2v) is 7.64. The predicted molar refractivity (Wildman–Crippen MR) is 121 cm³/mol. The van der Waals surface area contributed by atoms with Crippen LogP contribution in [0.1, 0.15) is 46.6 Å². The zero-order chi connectivity index (χ0) is 22.4. The first-order chi connectivity index (χ1) is 14.3. The molecule has 1 amide bonds. The van der Waals surface area contributed by atoms with Crippen LogP contribution >= 0.6 is 0 Å². The van der Waals surface area contributed by atoms with Crippen LogP contribution in [0.25, 0.3) is 0 Å². The summed E-state index contributed by atoms with van der Waals surface area (Å²) in [7, 11) is 1.64. The molecule has 0 atom stereocenters. The van der Waals surface area contributed by atoms with Crippen molar-refractivity contribution in [3.63, 3.8) is 0 Å². The number of hydrogen-bond acceptors (Lipinski definition) is 5. The summed E-state index contributed by atoms with van der Waals surface area (Å²) in [5.41, 5.74) is 0.690. The lowest BCUT2D eigenvalue weighted by molar-refractivity contribution is 0.0529. The van der Waals surface area contributed by atoms with Crippen molar-refractivity contribution in [1.29, 1.82) is 0 Å². The molecule has 170 valence electrons. The van der Waals surface area contributed by atoms with E-state index in [2.05, 4.69) is 27.0 Å². The van der Waals surface area contributed by atoms with Gasteiger partial charge in [0.1, 0.15) is 5.60 Å². The molecule has 1 aromatic rings. The predicted octanol–water partition coefficient (Wildman–Crippen LogP) is 3.11. The summed E-state index contributed by atoms with van der Waals surface area (Å²) >= 11 is 0. The number of benzene rings is 1.